The molecule has 0 N–H and O–H groups in total. The topological polar surface area (TPSA) is 340 Å². The lowest BCUT2D eigenvalue weighted by atomic mass is 9.92. The maximum atomic E-state index is 11.8. The molecular formula is C84H62Br2N12O12. The van der Waals surface area contributed by atoms with Gasteiger partial charge in [-0.1, -0.05) is 72.8 Å². The van der Waals surface area contributed by atoms with Crippen LogP contribution in [-0.4, -0.2) is 65.0 Å². The maximum absolute atomic E-state index is 11.8. The smallest absolute Gasteiger partial charge is 0.231 e. The van der Waals surface area contributed by atoms with Gasteiger partial charge < -0.3 is 37.9 Å². The van der Waals surface area contributed by atoms with E-state index in [9.17, 15) is 29.7 Å². The molecule has 0 amide bonds. The molecule has 110 heavy (non-hydrogen) atoms. The lowest BCUT2D eigenvalue weighted by Gasteiger charge is -2.17. The summed E-state index contributed by atoms with van der Waals surface area (Å²) in [7, 11) is 0. The Labute approximate surface area is 648 Å². The molecule has 0 aliphatic carbocycles. The number of nitrogens with zero attached hydrogens (tertiary/aromatic N) is 12. The number of pyridine rings is 8. The summed E-state index contributed by atoms with van der Waals surface area (Å²) in [5, 5.41) is 36.7. The van der Waals surface area contributed by atoms with Crippen molar-refractivity contribution in [2.24, 2.45) is 0 Å². The molecule has 12 aromatic rings. The summed E-state index contributed by atoms with van der Waals surface area (Å²) < 4.78 is 48.8. The molecule has 0 saturated heterocycles. The van der Waals surface area contributed by atoms with Gasteiger partial charge in [-0.2, -0.15) is 41.0 Å². The van der Waals surface area contributed by atoms with E-state index in [4.69, 9.17) is 48.4 Å². The van der Waals surface area contributed by atoms with E-state index in [1.54, 1.807) is 85.5 Å². The Morgan fingerprint density at radius 3 is 0.845 bits per heavy atom. The Hall–Kier alpha value is -13.9. The summed E-state index contributed by atoms with van der Waals surface area (Å²) in [6.07, 6.45) is 14.8. The molecule has 0 radical (unpaired) electrons. The Kier molecular flexibility index (Phi) is 26.2. The highest BCUT2D eigenvalue weighted by molar-refractivity contribution is 9.11. The van der Waals surface area contributed by atoms with Gasteiger partial charge in [0, 0.05) is 84.0 Å². The molecule has 0 bridgehead atoms. The third kappa shape index (κ3) is 19.6. The SMILES string of the molecule is Cc1c(COc2ccc(C=O)c(OCc3cncc(C#N)c3)n2)cccc1-c1cccc(COc2ccc(C=O)c(OCc3cncc(C#N)c3)n2)c1C.Cc1c(COc2nc(OCc3cncc(C#N)c3)c(C=O)cc2Br)cccc1-c1cccc(COc2nc(OCc3cncc(C#N)c3)c(C=O)cc2Br)c1C. The van der Waals surface area contributed by atoms with Crippen molar-refractivity contribution in [2.75, 3.05) is 0 Å². The standard InChI is InChI=1S/C42H30Br2N6O6.C42H32N6O6/c1-25-31(23-55-41-37(43)11-33(19-51)39(49-41)53-21-29-9-27(13-45)15-47-17-29)5-3-7-35(25)36-8-4-6-32(26(36)2)24-56-42-38(44)12-34(20-52)40(50-42)54-22-30-10-28(14-46)16-48-18-30;1-27-35(25-51-39-11-9-33(21-49)41(47-39)53-23-31-13-29(15-43)17-45-19-31)5-3-7-37(27)38-8-4-6-36(28(38)2)26-52-40-12-10-34(22-50)42(48-40)54-24-32-14-30(16-44)18-46-20-32/h3-12,15-20H,21-24H2,1-2H3;3-14,17-22H,23-26H2,1-2H3. The quantitative estimate of drug-likeness (QED) is 0.0377. The van der Waals surface area contributed by atoms with Gasteiger partial charge in [0.05, 0.1) is 53.5 Å². The van der Waals surface area contributed by atoms with Crippen molar-refractivity contribution in [1.29, 1.82) is 21.0 Å². The van der Waals surface area contributed by atoms with Crippen LogP contribution >= 0.6 is 31.9 Å². The van der Waals surface area contributed by atoms with Crippen LogP contribution in [0.5, 0.6) is 47.0 Å². The summed E-state index contributed by atoms with van der Waals surface area (Å²) in [4.78, 5) is 81.0. The van der Waals surface area contributed by atoms with Crippen molar-refractivity contribution in [3.05, 3.63) is 303 Å². The molecule has 0 atom stereocenters. The number of hydrogen-bond acceptors (Lipinski definition) is 24. The highest BCUT2D eigenvalue weighted by Crippen LogP contribution is 2.37. The Morgan fingerprint density at radius 1 is 0.309 bits per heavy atom. The molecule has 0 unspecified atom stereocenters. The lowest BCUT2D eigenvalue weighted by molar-refractivity contribution is 0.111. The van der Waals surface area contributed by atoms with Gasteiger partial charge in [-0.15, -0.1) is 0 Å². The fraction of sp³-hybridized carbons (Fsp3) is 0.143. The molecule has 0 spiro atoms. The fourth-order valence-electron chi connectivity index (χ4n) is 11.2. The second-order valence-corrected chi connectivity index (χ2v) is 26.1. The first-order valence-corrected chi connectivity index (χ1v) is 35.2. The van der Waals surface area contributed by atoms with Crippen LogP contribution in [-0.2, 0) is 52.9 Å². The normalized spacial score (nSPS) is 10.5. The summed E-state index contributed by atoms with van der Waals surface area (Å²) >= 11 is 6.93. The van der Waals surface area contributed by atoms with Crippen molar-refractivity contribution in [3.8, 4) is 93.6 Å². The number of carbonyl (C=O) groups excluding carboxylic acids is 4. The second-order valence-electron chi connectivity index (χ2n) is 24.3. The van der Waals surface area contributed by atoms with Gasteiger partial charge >= 0.3 is 0 Å². The number of rotatable bonds is 30. The third-order valence-corrected chi connectivity index (χ3v) is 18.3. The van der Waals surface area contributed by atoms with Crippen LogP contribution in [0.1, 0.15) is 130 Å². The molecule has 4 aromatic carbocycles. The molecule has 8 heterocycles. The predicted octanol–water partition coefficient (Wildman–Crippen LogP) is 16.0. The second kappa shape index (κ2) is 37.4. The van der Waals surface area contributed by atoms with Crippen LogP contribution in [0, 0.1) is 73.0 Å². The van der Waals surface area contributed by atoms with Crippen molar-refractivity contribution in [3.63, 3.8) is 0 Å². The summed E-state index contributed by atoms with van der Waals surface area (Å²) in [6.45, 7) is 9.16. The largest absolute Gasteiger partial charge is 0.473 e. The van der Waals surface area contributed by atoms with Gasteiger partial charge in [-0.25, -0.2) is 0 Å². The molecule has 0 aliphatic heterocycles. The molecule has 12 rings (SSSR count). The number of carbonyl (C=O) groups is 4. The van der Waals surface area contributed by atoms with E-state index in [1.807, 2.05) is 113 Å². The van der Waals surface area contributed by atoms with Crippen LogP contribution in [0.25, 0.3) is 22.3 Å². The van der Waals surface area contributed by atoms with Gasteiger partial charge in [0.2, 0.25) is 47.0 Å². The summed E-state index contributed by atoms with van der Waals surface area (Å²) in [5.74, 6) is 1.47. The zero-order valence-electron chi connectivity index (χ0n) is 59.3. The van der Waals surface area contributed by atoms with Crippen LogP contribution in [0.4, 0.5) is 0 Å². The number of halogens is 2. The third-order valence-electron chi connectivity index (χ3n) is 17.2. The van der Waals surface area contributed by atoms with E-state index >= 15 is 0 Å². The number of nitriles is 4. The highest BCUT2D eigenvalue weighted by Gasteiger charge is 2.21. The van der Waals surface area contributed by atoms with Gasteiger partial charge in [-0.3, -0.25) is 39.1 Å². The minimum Gasteiger partial charge on any atom is -0.473 e. The summed E-state index contributed by atoms with van der Waals surface area (Å²) in [5.41, 5.74) is 17.1. The van der Waals surface area contributed by atoms with Crippen LogP contribution < -0.4 is 37.9 Å². The fourth-order valence-corrected chi connectivity index (χ4v) is 12.1. The number of hydrogen-bond donors (Lipinski definition) is 0. The molecule has 0 saturated carbocycles. The Balaban J connectivity index is 0.000000218. The zero-order valence-corrected chi connectivity index (χ0v) is 62.5. The van der Waals surface area contributed by atoms with Crippen LogP contribution in [0.15, 0.2) is 192 Å². The maximum Gasteiger partial charge on any atom is 0.231 e. The number of aldehydes is 4. The molecule has 24 nitrogen and oxygen atoms in total. The van der Waals surface area contributed by atoms with Gasteiger partial charge in [0.15, 0.2) is 25.1 Å². The molecule has 0 aliphatic rings. The van der Waals surface area contributed by atoms with Gasteiger partial charge in [-0.05, 0) is 175 Å². The molecule has 8 aromatic heterocycles. The average Bonchev–Trinajstić information content (AvgIpc) is 0.803. The Bertz CT molecular complexity index is 5300. The molecule has 26 heteroatoms. The minimum atomic E-state index is 0.0518. The minimum absolute atomic E-state index is 0.0518. The van der Waals surface area contributed by atoms with Crippen LogP contribution in [0.2, 0.25) is 0 Å². The van der Waals surface area contributed by atoms with E-state index in [-0.39, 0.29) is 122 Å². The lowest BCUT2D eigenvalue weighted by Crippen LogP contribution is -2.06. The predicted molar refractivity (Wildman–Crippen MR) is 407 cm³/mol. The zero-order chi connectivity index (χ0) is 77.5. The average molecular weight is 1590 g/mol. The summed E-state index contributed by atoms with van der Waals surface area (Å²) in [6, 6.07) is 48.3. The van der Waals surface area contributed by atoms with Crippen LogP contribution in [0.3, 0.4) is 0 Å². The van der Waals surface area contributed by atoms with Crippen molar-refractivity contribution in [1.82, 2.24) is 39.9 Å². The van der Waals surface area contributed by atoms with E-state index in [1.165, 1.54) is 24.8 Å². The number of benzene rings is 4. The Morgan fingerprint density at radius 2 is 0.573 bits per heavy atom. The van der Waals surface area contributed by atoms with Crippen molar-refractivity contribution in [2.45, 2.75) is 80.6 Å². The van der Waals surface area contributed by atoms with E-state index in [2.05, 4.69) is 83.9 Å². The first kappa shape index (κ1) is 77.2. The van der Waals surface area contributed by atoms with Crippen molar-refractivity contribution < 1.29 is 57.1 Å². The highest BCUT2D eigenvalue weighted by atomic mass is 79.9. The first-order chi connectivity index (χ1) is 53.6. The van der Waals surface area contributed by atoms with Gasteiger partial charge in [0.1, 0.15) is 77.1 Å². The number of aromatic nitrogens is 8. The molecule has 0 fully saturated rings. The monoisotopic (exact) mass is 1590 g/mol. The van der Waals surface area contributed by atoms with Gasteiger partial charge in [0.25, 0.3) is 0 Å². The number of ether oxygens (including phenoxy) is 8. The van der Waals surface area contributed by atoms with E-state index in [0.29, 0.717) is 78.6 Å². The molecule has 544 valence electrons. The van der Waals surface area contributed by atoms with Crippen molar-refractivity contribution >= 4 is 57.0 Å². The van der Waals surface area contributed by atoms with E-state index < -0.39 is 0 Å². The first-order valence-electron chi connectivity index (χ1n) is 33.6. The molecular weight excluding hydrogens is 1530 g/mol. The van der Waals surface area contributed by atoms with E-state index in [0.717, 1.165) is 66.8 Å².